The zero-order valence-corrected chi connectivity index (χ0v) is 25.2. The smallest absolute Gasteiger partial charge is 0.261 e. The van der Waals surface area contributed by atoms with Crippen LogP contribution >= 0.6 is 0 Å². The highest BCUT2D eigenvalue weighted by molar-refractivity contribution is 6.99. The largest absolute Gasteiger partial charge is 0.404 e. The van der Waals surface area contributed by atoms with Crippen LogP contribution in [0, 0.1) is 11.3 Å². The molecule has 2 nitrogen and oxygen atoms in total. The lowest BCUT2D eigenvalue weighted by atomic mass is 9.79. The van der Waals surface area contributed by atoms with Crippen molar-refractivity contribution in [3.05, 3.63) is 108 Å². The van der Waals surface area contributed by atoms with Gasteiger partial charge in [-0.15, -0.1) is 0 Å². The molecule has 0 radical (unpaired) electrons. The maximum atomic E-state index is 7.22. The van der Waals surface area contributed by atoms with Gasteiger partial charge in [0.1, 0.15) is 0 Å². The summed E-state index contributed by atoms with van der Waals surface area (Å²) in [5, 5.41) is 2.64. The molecule has 1 fully saturated rings. The van der Waals surface area contributed by atoms with Crippen LogP contribution in [0.4, 0.5) is 0 Å². The number of aryl methyl sites for hydroxylation is 1. The monoisotopic (exact) mass is 526 g/mol. The summed E-state index contributed by atoms with van der Waals surface area (Å²) in [5.41, 5.74) is 3.01. The topological polar surface area (TPSA) is 18.5 Å². The highest BCUT2D eigenvalue weighted by Crippen LogP contribution is 2.38. The Bertz CT molecular complexity index is 1120. The number of hydrogen-bond donors (Lipinski definition) is 0. The maximum absolute atomic E-state index is 7.22. The third-order valence-electron chi connectivity index (χ3n) is 8.10. The van der Waals surface area contributed by atoms with Gasteiger partial charge in [0.15, 0.2) is 0 Å². The van der Waals surface area contributed by atoms with Crippen molar-refractivity contribution in [1.29, 1.82) is 0 Å². The summed E-state index contributed by atoms with van der Waals surface area (Å²) in [6.45, 7) is 15.3. The molecule has 1 aliphatic heterocycles. The van der Waals surface area contributed by atoms with Crippen molar-refractivity contribution in [1.82, 2.24) is 0 Å². The molecule has 0 aliphatic carbocycles. The highest BCUT2D eigenvalue weighted by atomic mass is 28.4. The molecule has 0 bridgehead atoms. The van der Waals surface area contributed by atoms with Crippen molar-refractivity contribution in [3.8, 4) is 0 Å². The minimum absolute atomic E-state index is 0.0233. The van der Waals surface area contributed by atoms with Crippen LogP contribution in [0.1, 0.15) is 59.9 Å². The Balaban J connectivity index is 1.64. The molecule has 2 atom stereocenters. The molecule has 0 amide bonds. The Morgan fingerprint density at radius 1 is 0.789 bits per heavy atom. The van der Waals surface area contributed by atoms with E-state index in [0.717, 1.165) is 25.9 Å². The van der Waals surface area contributed by atoms with Gasteiger partial charge in [0, 0.05) is 5.92 Å². The van der Waals surface area contributed by atoms with Gasteiger partial charge in [-0.3, -0.25) is 0 Å². The minimum atomic E-state index is -2.56. The Hall–Kier alpha value is -2.46. The fourth-order valence-electron chi connectivity index (χ4n) is 5.87. The van der Waals surface area contributed by atoms with E-state index < -0.39 is 8.32 Å². The lowest BCUT2D eigenvalue weighted by molar-refractivity contribution is -0.0512. The first-order chi connectivity index (χ1) is 18.1. The summed E-state index contributed by atoms with van der Waals surface area (Å²) in [6.07, 6.45) is 5.80. The molecule has 3 aromatic carbocycles. The van der Waals surface area contributed by atoms with Crippen molar-refractivity contribution in [2.75, 3.05) is 13.2 Å². The Kier molecular flexibility index (Phi) is 9.13. The zero-order chi connectivity index (χ0) is 27.2. The predicted molar refractivity (Wildman–Crippen MR) is 164 cm³/mol. The van der Waals surface area contributed by atoms with Crippen LogP contribution in [0.25, 0.3) is 0 Å². The van der Waals surface area contributed by atoms with Gasteiger partial charge >= 0.3 is 0 Å². The third-order valence-corrected chi connectivity index (χ3v) is 13.1. The van der Waals surface area contributed by atoms with Gasteiger partial charge in [-0.1, -0.05) is 144 Å². The SMILES string of the molecule is CC(C)(C)[C@@H]1C/C(=C\CO[Si](c2ccccc2)(c2ccccc2)C(C)(C)C)[C@@H](CCc2ccccc2)CO1. The molecule has 3 aromatic rings. The van der Waals surface area contributed by atoms with Gasteiger partial charge in [0.25, 0.3) is 8.32 Å². The minimum Gasteiger partial charge on any atom is -0.404 e. The van der Waals surface area contributed by atoms with Crippen LogP contribution in [0.15, 0.2) is 103 Å². The molecular formula is C35H46O2Si. The molecule has 0 aromatic heterocycles. The van der Waals surface area contributed by atoms with Gasteiger partial charge in [-0.05, 0) is 45.7 Å². The molecule has 0 N–H and O–H groups in total. The summed E-state index contributed by atoms with van der Waals surface area (Å²) < 4.78 is 13.7. The van der Waals surface area contributed by atoms with Crippen molar-refractivity contribution < 1.29 is 9.16 Å². The average molecular weight is 527 g/mol. The second-order valence-corrected chi connectivity index (χ2v) is 17.2. The lowest BCUT2D eigenvalue weighted by Gasteiger charge is -2.43. The van der Waals surface area contributed by atoms with Crippen LogP contribution in [0.3, 0.4) is 0 Å². The summed E-state index contributed by atoms with van der Waals surface area (Å²) in [5.74, 6) is 0.427. The van der Waals surface area contributed by atoms with Crippen molar-refractivity contribution in [2.45, 2.75) is 71.9 Å². The number of hydrogen-bond acceptors (Lipinski definition) is 2. The van der Waals surface area contributed by atoms with E-state index in [1.165, 1.54) is 21.5 Å². The van der Waals surface area contributed by atoms with Gasteiger partial charge in [0.2, 0.25) is 0 Å². The zero-order valence-electron chi connectivity index (χ0n) is 24.2. The van der Waals surface area contributed by atoms with E-state index in [9.17, 15) is 0 Å². The van der Waals surface area contributed by atoms with E-state index in [1.807, 2.05) is 0 Å². The Morgan fingerprint density at radius 2 is 1.32 bits per heavy atom. The molecule has 0 unspecified atom stereocenters. The number of benzene rings is 3. The van der Waals surface area contributed by atoms with E-state index in [-0.39, 0.29) is 16.6 Å². The summed E-state index contributed by atoms with van der Waals surface area (Å²) >= 11 is 0. The normalized spacial score (nSPS) is 20.0. The molecule has 4 rings (SSSR count). The molecular weight excluding hydrogens is 480 g/mol. The summed E-state index contributed by atoms with van der Waals surface area (Å²) in [7, 11) is -2.56. The fourth-order valence-corrected chi connectivity index (χ4v) is 10.4. The fraction of sp³-hybridized carbons (Fsp3) is 0.429. The second-order valence-electron chi connectivity index (χ2n) is 12.9. The molecule has 1 saturated heterocycles. The van der Waals surface area contributed by atoms with Crippen molar-refractivity contribution in [3.63, 3.8) is 0 Å². The number of ether oxygens (including phenoxy) is 1. The first kappa shape index (κ1) is 28.5. The van der Waals surface area contributed by atoms with Gasteiger partial charge in [-0.25, -0.2) is 0 Å². The first-order valence-electron chi connectivity index (χ1n) is 14.2. The van der Waals surface area contributed by atoms with Gasteiger partial charge in [0.05, 0.1) is 19.3 Å². The van der Waals surface area contributed by atoms with Crippen LogP contribution in [-0.2, 0) is 15.6 Å². The lowest BCUT2D eigenvalue weighted by Crippen LogP contribution is -2.66. The second kappa shape index (κ2) is 12.2. The van der Waals surface area contributed by atoms with Gasteiger partial charge < -0.3 is 9.16 Å². The average Bonchev–Trinajstić information content (AvgIpc) is 2.90. The van der Waals surface area contributed by atoms with E-state index in [1.54, 1.807) is 0 Å². The number of rotatable bonds is 8. The molecule has 0 saturated carbocycles. The molecule has 1 aliphatic rings. The first-order valence-corrected chi connectivity index (χ1v) is 16.1. The standard InChI is InChI=1S/C35H46O2Si/c1-34(2,3)33-26-29(30(27-36-33)23-22-28-16-10-7-11-17-28)24-25-37-38(35(4,5)6,31-18-12-8-13-19-31)32-20-14-9-15-21-32/h7-21,24,30,33H,22-23,25-27H2,1-6H3/b29-24+/t30-,33-/m0/s1. The predicted octanol–water partition coefficient (Wildman–Crippen LogP) is 7.57. The van der Waals surface area contributed by atoms with Crippen LogP contribution in [0.2, 0.25) is 5.04 Å². The quantitative estimate of drug-likeness (QED) is 0.223. The maximum Gasteiger partial charge on any atom is 0.261 e. The van der Waals surface area contributed by atoms with E-state index in [2.05, 4.69) is 139 Å². The molecule has 0 spiro atoms. The third kappa shape index (κ3) is 6.57. The van der Waals surface area contributed by atoms with Crippen LogP contribution in [0.5, 0.6) is 0 Å². The summed E-state index contributed by atoms with van der Waals surface area (Å²) in [4.78, 5) is 0. The van der Waals surface area contributed by atoms with Crippen molar-refractivity contribution >= 4 is 18.7 Å². The Morgan fingerprint density at radius 3 is 1.82 bits per heavy atom. The van der Waals surface area contributed by atoms with E-state index >= 15 is 0 Å². The van der Waals surface area contributed by atoms with E-state index in [0.29, 0.717) is 12.5 Å². The molecule has 38 heavy (non-hydrogen) atoms. The molecule has 3 heteroatoms. The summed E-state index contributed by atoms with van der Waals surface area (Å²) in [6, 6.07) is 32.7. The van der Waals surface area contributed by atoms with E-state index in [4.69, 9.17) is 9.16 Å². The molecule has 202 valence electrons. The van der Waals surface area contributed by atoms with Crippen LogP contribution < -0.4 is 10.4 Å². The Labute approximate surface area is 232 Å². The highest BCUT2D eigenvalue weighted by Gasteiger charge is 2.50. The van der Waals surface area contributed by atoms with Gasteiger partial charge in [-0.2, -0.15) is 0 Å². The van der Waals surface area contributed by atoms with Crippen LogP contribution in [-0.4, -0.2) is 27.6 Å². The van der Waals surface area contributed by atoms with Crippen molar-refractivity contribution in [2.24, 2.45) is 11.3 Å². The molecule has 1 heterocycles.